The monoisotopic (exact) mass is 266 g/mol. The summed E-state index contributed by atoms with van der Waals surface area (Å²) in [5, 5.41) is 18.6. The minimum Gasteiger partial charge on any atom is -0.507 e. The van der Waals surface area contributed by atoms with Gasteiger partial charge in [-0.3, -0.25) is 0 Å². The highest BCUT2D eigenvalue weighted by atomic mass is 79.9. The summed E-state index contributed by atoms with van der Waals surface area (Å²) >= 11 is 3.18. The lowest BCUT2D eigenvalue weighted by molar-refractivity contribution is 0.436. The Balaban J connectivity index is 2.90. The van der Waals surface area contributed by atoms with Crippen molar-refractivity contribution in [3.8, 4) is 17.6 Å². The molecule has 0 atom stereocenters. The second-order valence-corrected chi connectivity index (χ2v) is 3.77. The smallest absolute Gasteiger partial charge is 0.163 e. The molecule has 0 aliphatic rings. The standard InChI is InChI=1S/C12H11BrO2/c1-2-3-10(14)6-4-9-5-7-11(13)12(15)8-9/h3,5,7-8,14-15H,2H2,1H3/b10-3+. The lowest BCUT2D eigenvalue weighted by Crippen LogP contribution is -1.77. The molecule has 1 aromatic carbocycles. The fourth-order valence-corrected chi connectivity index (χ4v) is 1.22. The normalized spacial score (nSPS) is 10.7. The number of aliphatic hydroxyl groups is 1. The summed E-state index contributed by atoms with van der Waals surface area (Å²) in [6.45, 7) is 1.92. The molecule has 0 saturated carbocycles. The molecule has 0 fully saturated rings. The first-order valence-electron chi connectivity index (χ1n) is 4.53. The molecule has 0 aromatic heterocycles. The zero-order chi connectivity index (χ0) is 11.3. The third-order valence-electron chi connectivity index (χ3n) is 1.68. The molecular formula is C12H11BrO2. The number of allylic oxidation sites excluding steroid dienone is 2. The summed E-state index contributed by atoms with van der Waals surface area (Å²) < 4.78 is 0.626. The van der Waals surface area contributed by atoms with Gasteiger partial charge in [0.25, 0.3) is 0 Å². The Hall–Kier alpha value is -1.40. The average molecular weight is 267 g/mol. The van der Waals surface area contributed by atoms with E-state index in [1.54, 1.807) is 18.2 Å². The first kappa shape index (κ1) is 11.7. The van der Waals surface area contributed by atoms with Crippen LogP contribution in [0.25, 0.3) is 0 Å². The Kier molecular flexibility index (Phi) is 4.26. The minimum absolute atomic E-state index is 0.0555. The Morgan fingerprint density at radius 2 is 2.27 bits per heavy atom. The number of aliphatic hydroxyl groups excluding tert-OH is 1. The van der Waals surface area contributed by atoms with Crippen molar-refractivity contribution in [2.45, 2.75) is 13.3 Å². The Bertz CT molecular complexity index is 439. The van der Waals surface area contributed by atoms with Gasteiger partial charge in [0, 0.05) is 5.56 Å². The Morgan fingerprint density at radius 1 is 1.53 bits per heavy atom. The maximum Gasteiger partial charge on any atom is 0.163 e. The highest BCUT2D eigenvalue weighted by Gasteiger charge is 1.96. The van der Waals surface area contributed by atoms with E-state index in [1.807, 2.05) is 6.92 Å². The third kappa shape index (κ3) is 3.69. The lowest BCUT2D eigenvalue weighted by Gasteiger charge is -1.95. The molecule has 0 spiro atoms. The molecule has 0 saturated heterocycles. The van der Waals surface area contributed by atoms with Gasteiger partial charge in [0.15, 0.2) is 5.76 Å². The predicted molar refractivity (Wildman–Crippen MR) is 63.7 cm³/mol. The van der Waals surface area contributed by atoms with Crippen LogP contribution in [0.3, 0.4) is 0 Å². The number of hydrogen-bond acceptors (Lipinski definition) is 2. The van der Waals surface area contributed by atoms with Crippen molar-refractivity contribution in [2.24, 2.45) is 0 Å². The Morgan fingerprint density at radius 3 is 2.87 bits per heavy atom. The predicted octanol–water partition coefficient (Wildman–Crippen LogP) is 3.36. The van der Waals surface area contributed by atoms with Gasteiger partial charge >= 0.3 is 0 Å². The zero-order valence-electron chi connectivity index (χ0n) is 8.29. The van der Waals surface area contributed by atoms with Crippen molar-refractivity contribution in [3.63, 3.8) is 0 Å². The van der Waals surface area contributed by atoms with Crippen molar-refractivity contribution in [3.05, 3.63) is 40.1 Å². The molecule has 0 unspecified atom stereocenters. The molecule has 0 radical (unpaired) electrons. The van der Waals surface area contributed by atoms with Gasteiger partial charge in [-0.2, -0.15) is 0 Å². The van der Waals surface area contributed by atoms with Crippen LogP contribution in [0.2, 0.25) is 0 Å². The maximum atomic E-state index is 9.38. The fraction of sp³-hybridized carbons (Fsp3) is 0.167. The van der Waals surface area contributed by atoms with Crippen molar-refractivity contribution < 1.29 is 10.2 Å². The van der Waals surface area contributed by atoms with Crippen LogP contribution in [-0.4, -0.2) is 10.2 Å². The van der Waals surface area contributed by atoms with Crippen molar-refractivity contribution in [1.82, 2.24) is 0 Å². The van der Waals surface area contributed by atoms with E-state index in [-0.39, 0.29) is 11.5 Å². The molecule has 0 amide bonds. The molecule has 1 aromatic rings. The van der Waals surface area contributed by atoms with E-state index >= 15 is 0 Å². The number of phenolic OH excluding ortho intramolecular Hbond substituents is 1. The zero-order valence-corrected chi connectivity index (χ0v) is 9.87. The minimum atomic E-state index is 0.0555. The van der Waals surface area contributed by atoms with E-state index in [4.69, 9.17) is 0 Å². The number of phenols is 1. The van der Waals surface area contributed by atoms with Gasteiger partial charge < -0.3 is 10.2 Å². The summed E-state index contributed by atoms with van der Waals surface area (Å²) in [4.78, 5) is 0. The van der Waals surface area contributed by atoms with Crippen molar-refractivity contribution >= 4 is 15.9 Å². The van der Waals surface area contributed by atoms with Crippen LogP contribution >= 0.6 is 15.9 Å². The highest BCUT2D eigenvalue weighted by Crippen LogP contribution is 2.23. The van der Waals surface area contributed by atoms with E-state index < -0.39 is 0 Å². The number of aromatic hydroxyl groups is 1. The van der Waals surface area contributed by atoms with Crippen LogP contribution < -0.4 is 0 Å². The van der Waals surface area contributed by atoms with E-state index in [9.17, 15) is 10.2 Å². The van der Waals surface area contributed by atoms with Gasteiger partial charge in [-0.15, -0.1) is 0 Å². The van der Waals surface area contributed by atoms with Crippen LogP contribution in [0.15, 0.2) is 34.5 Å². The maximum absolute atomic E-state index is 9.38. The summed E-state index contributed by atoms with van der Waals surface area (Å²) in [6, 6.07) is 5.01. The average Bonchev–Trinajstić information content (AvgIpc) is 2.20. The third-order valence-corrected chi connectivity index (χ3v) is 2.35. The van der Waals surface area contributed by atoms with Gasteiger partial charge in [-0.25, -0.2) is 0 Å². The first-order chi connectivity index (χ1) is 7.13. The van der Waals surface area contributed by atoms with Crippen LogP contribution in [-0.2, 0) is 0 Å². The quantitative estimate of drug-likeness (QED) is 0.605. The van der Waals surface area contributed by atoms with Gasteiger partial charge in [0.05, 0.1) is 4.47 Å². The van der Waals surface area contributed by atoms with E-state index in [1.165, 1.54) is 6.07 Å². The Labute approximate surface area is 97.4 Å². The summed E-state index contributed by atoms with van der Waals surface area (Å²) in [5.41, 5.74) is 0.659. The molecule has 1 rings (SSSR count). The molecule has 3 heteroatoms. The molecule has 0 heterocycles. The van der Waals surface area contributed by atoms with Crippen LogP contribution in [0.1, 0.15) is 18.9 Å². The summed E-state index contributed by atoms with van der Waals surface area (Å²) in [7, 11) is 0. The van der Waals surface area contributed by atoms with Gasteiger partial charge in [-0.1, -0.05) is 12.8 Å². The van der Waals surface area contributed by atoms with Gasteiger partial charge in [0.2, 0.25) is 0 Å². The second kappa shape index (κ2) is 5.47. The molecule has 2 nitrogen and oxygen atoms in total. The topological polar surface area (TPSA) is 40.5 Å². The number of benzene rings is 1. The van der Waals surface area contributed by atoms with E-state index in [0.717, 1.165) is 6.42 Å². The van der Waals surface area contributed by atoms with Crippen molar-refractivity contribution in [1.29, 1.82) is 0 Å². The molecule has 0 bridgehead atoms. The van der Waals surface area contributed by atoms with Gasteiger partial charge in [-0.05, 0) is 52.5 Å². The fourth-order valence-electron chi connectivity index (χ4n) is 0.971. The van der Waals surface area contributed by atoms with Crippen molar-refractivity contribution in [2.75, 3.05) is 0 Å². The number of hydrogen-bond donors (Lipinski definition) is 2. The molecule has 2 N–H and O–H groups in total. The van der Waals surface area contributed by atoms with Crippen LogP contribution in [0.4, 0.5) is 0 Å². The highest BCUT2D eigenvalue weighted by molar-refractivity contribution is 9.10. The van der Waals surface area contributed by atoms with Gasteiger partial charge in [0.1, 0.15) is 5.75 Å². The summed E-state index contributed by atoms with van der Waals surface area (Å²) in [5.74, 6) is 5.53. The second-order valence-electron chi connectivity index (χ2n) is 2.91. The van der Waals surface area contributed by atoms with E-state index in [2.05, 4.69) is 27.8 Å². The SMILES string of the molecule is CC/C=C(/O)C#Cc1ccc(Br)c(O)c1. The molecule has 15 heavy (non-hydrogen) atoms. The van der Waals surface area contributed by atoms with Crippen LogP contribution in [0, 0.1) is 11.8 Å². The first-order valence-corrected chi connectivity index (χ1v) is 5.32. The number of rotatable bonds is 1. The molecule has 0 aliphatic carbocycles. The summed E-state index contributed by atoms with van der Waals surface area (Å²) in [6.07, 6.45) is 2.37. The van der Waals surface area contributed by atoms with Crippen LogP contribution in [0.5, 0.6) is 5.75 Å². The lowest BCUT2D eigenvalue weighted by atomic mass is 10.2. The largest absolute Gasteiger partial charge is 0.507 e. The number of halogens is 1. The molecular weight excluding hydrogens is 256 g/mol. The molecule has 0 aliphatic heterocycles. The van der Waals surface area contributed by atoms with E-state index in [0.29, 0.717) is 10.0 Å². The molecule has 78 valence electrons.